The van der Waals surface area contributed by atoms with Crippen molar-refractivity contribution in [1.29, 1.82) is 0 Å². The number of alkyl halides is 2. The lowest BCUT2D eigenvalue weighted by atomic mass is 10.2. The number of nitrogens with zero attached hydrogens (tertiary/aromatic N) is 2. The van der Waals surface area contributed by atoms with E-state index in [1.165, 1.54) is 12.1 Å². The number of anilines is 1. The van der Waals surface area contributed by atoms with Gasteiger partial charge in [-0.2, -0.15) is 8.78 Å². The van der Waals surface area contributed by atoms with E-state index in [9.17, 15) is 17.2 Å². The van der Waals surface area contributed by atoms with Crippen LogP contribution in [0.25, 0.3) is 0 Å². The molecular weight excluding hydrogens is 384 g/mol. The van der Waals surface area contributed by atoms with E-state index >= 15 is 0 Å². The second kappa shape index (κ2) is 8.01. The van der Waals surface area contributed by atoms with Gasteiger partial charge in [0, 0.05) is 37.9 Å². The number of thiocarbonyl (C=S) groups is 1. The molecule has 0 amide bonds. The van der Waals surface area contributed by atoms with Crippen LogP contribution in [0.1, 0.15) is 6.42 Å². The van der Waals surface area contributed by atoms with Gasteiger partial charge in [-0.1, -0.05) is 0 Å². The lowest BCUT2D eigenvalue weighted by Crippen LogP contribution is -2.53. The molecule has 2 saturated heterocycles. The third kappa shape index (κ3) is 5.01. The predicted molar refractivity (Wildman–Crippen MR) is 99.5 cm³/mol. The van der Waals surface area contributed by atoms with Crippen LogP contribution in [-0.4, -0.2) is 73.7 Å². The second-order valence-corrected chi connectivity index (χ2v) is 9.03. The Bertz CT molecular complexity index is 736. The first kappa shape index (κ1) is 19.2. The van der Waals surface area contributed by atoms with Crippen LogP contribution in [0, 0.1) is 0 Å². The molecule has 1 N–H and O–H groups in total. The topological polar surface area (TPSA) is 61.9 Å². The van der Waals surface area contributed by atoms with Crippen molar-refractivity contribution >= 4 is 32.9 Å². The van der Waals surface area contributed by atoms with Crippen molar-refractivity contribution in [3.05, 3.63) is 24.3 Å². The number of nitrogens with one attached hydrogen (secondary N) is 1. The SMILES string of the molecule is O=S1(=O)CC[C@H](N2CCN(C(=S)Nc3ccc(OC(F)F)cc3)CC2)C1. The molecule has 0 bridgehead atoms. The van der Waals surface area contributed by atoms with Gasteiger partial charge in [0.1, 0.15) is 5.75 Å². The van der Waals surface area contributed by atoms with Crippen molar-refractivity contribution in [3.8, 4) is 5.75 Å². The monoisotopic (exact) mass is 405 g/mol. The van der Waals surface area contributed by atoms with Crippen molar-refractivity contribution in [1.82, 2.24) is 9.80 Å². The third-order valence-corrected chi connectivity index (χ3v) is 6.77. The first-order valence-corrected chi connectivity index (χ1v) is 10.6. The molecule has 0 unspecified atom stereocenters. The molecule has 0 aromatic heterocycles. The predicted octanol–water partition coefficient (Wildman–Crippen LogP) is 1.79. The first-order valence-electron chi connectivity index (χ1n) is 8.38. The van der Waals surface area contributed by atoms with Gasteiger partial charge in [-0.15, -0.1) is 0 Å². The Labute approximate surface area is 157 Å². The van der Waals surface area contributed by atoms with Crippen molar-refractivity contribution in [3.63, 3.8) is 0 Å². The fourth-order valence-electron chi connectivity index (χ4n) is 3.28. The summed E-state index contributed by atoms with van der Waals surface area (Å²) in [5, 5.41) is 3.65. The maximum Gasteiger partial charge on any atom is 0.387 e. The molecule has 2 heterocycles. The lowest BCUT2D eigenvalue weighted by molar-refractivity contribution is -0.0498. The van der Waals surface area contributed by atoms with E-state index < -0.39 is 16.4 Å². The van der Waals surface area contributed by atoms with Gasteiger partial charge in [-0.3, -0.25) is 4.90 Å². The molecule has 1 aromatic carbocycles. The number of benzene rings is 1. The number of piperazine rings is 1. The van der Waals surface area contributed by atoms with Gasteiger partial charge in [-0.05, 0) is 42.9 Å². The number of rotatable bonds is 4. The van der Waals surface area contributed by atoms with Crippen LogP contribution in [0.3, 0.4) is 0 Å². The quantitative estimate of drug-likeness (QED) is 0.767. The maximum atomic E-state index is 12.2. The summed E-state index contributed by atoms with van der Waals surface area (Å²) in [4.78, 5) is 4.25. The zero-order valence-corrected chi connectivity index (χ0v) is 15.7. The molecule has 2 fully saturated rings. The minimum atomic E-state index is -2.88. The average Bonchev–Trinajstić information content (AvgIpc) is 2.96. The standard InChI is InChI=1S/C16H21F2N3O3S2/c17-15(18)24-14-3-1-12(2-4-14)19-16(25)21-8-6-20(7-9-21)13-5-10-26(22,23)11-13/h1-4,13,15H,5-11H2,(H,19,25)/t13-/m0/s1. The van der Waals surface area contributed by atoms with Crippen molar-refractivity contribution in [2.75, 3.05) is 43.0 Å². The van der Waals surface area contributed by atoms with Gasteiger partial charge >= 0.3 is 6.61 Å². The highest BCUT2D eigenvalue weighted by Gasteiger charge is 2.33. The summed E-state index contributed by atoms with van der Waals surface area (Å²) in [5.41, 5.74) is 0.695. The number of ether oxygens (including phenoxy) is 1. The smallest absolute Gasteiger partial charge is 0.387 e. The highest BCUT2D eigenvalue weighted by Crippen LogP contribution is 2.21. The second-order valence-electron chi connectivity index (χ2n) is 6.41. The minimum Gasteiger partial charge on any atom is -0.435 e. The summed E-state index contributed by atoms with van der Waals surface area (Å²) >= 11 is 5.42. The van der Waals surface area contributed by atoms with Crippen molar-refractivity contribution in [2.24, 2.45) is 0 Å². The Morgan fingerprint density at radius 2 is 1.85 bits per heavy atom. The van der Waals surface area contributed by atoms with Crippen molar-refractivity contribution < 1.29 is 21.9 Å². The van der Waals surface area contributed by atoms with E-state index in [-0.39, 0.29) is 23.3 Å². The highest BCUT2D eigenvalue weighted by molar-refractivity contribution is 7.91. The molecule has 1 atom stereocenters. The van der Waals surface area contributed by atoms with Crippen LogP contribution in [0.5, 0.6) is 5.75 Å². The summed E-state index contributed by atoms with van der Waals surface area (Å²) in [5.74, 6) is 0.628. The molecule has 0 spiro atoms. The zero-order valence-electron chi connectivity index (χ0n) is 14.1. The first-order chi connectivity index (χ1) is 12.3. The van der Waals surface area contributed by atoms with Crippen LogP contribution in [0.2, 0.25) is 0 Å². The summed E-state index contributed by atoms with van der Waals surface area (Å²) < 4.78 is 51.9. The minimum absolute atomic E-state index is 0.0941. The van der Waals surface area contributed by atoms with Gasteiger partial charge < -0.3 is 15.0 Å². The molecule has 1 aromatic rings. The van der Waals surface area contributed by atoms with Crippen LogP contribution >= 0.6 is 12.2 Å². The van der Waals surface area contributed by atoms with E-state index in [1.807, 2.05) is 4.90 Å². The van der Waals surface area contributed by atoms with E-state index in [0.717, 1.165) is 26.2 Å². The normalized spacial score (nSPS) is 23.2. The van der Waals surface area contributed by atoms with Crippen LogP contribution in [0.4, 0.5) is 14.5 Å². The molecule has 3 rings (SSSR count). The van der Waals surface area contributed by atoms with Crippen molar-refractivity contribution in [2.45, 2.75) is 19.1 Å². The highest BCUT2D eigenvalue weighted by atomic mass is 32.2. The Morgan fingerprint density at radius 3 is 2.38 bits per heavy atom. The van der Waals surface area contributed by atoms with Crippen LogP contribution in [0.15, 0.2) is 24.3 Å². The van der Waals surface area contributed by atoms with E-state index in [4.69, 9.17) is 12.2 Å². The van der Waals surface area contributed by atoms with E-state index in [1.54, 1.807) is 12.1 Å². The number of hydrogen-bond donors (Lipinski definition) is 1. The molecule has 144 valence electrons. The number of sulfone groups is 1. The van der Waals surface area contributed by atoms with Gasteiger partial charge in [0.05, 0.1) is 11.5 Å². The molecule has 2 aliphatic rings. The summed E-state index contributed by atoms with van der Waals surface area (Å²) in [6.07, 6.45) is 0.706. The molecule has 6 nitrogen and oxygen atoms in total. The zero-order chi connectivity index (χ0) is 18.7. The summed E-state index contributed by atoms with van der Waals surface area (Å²) in [6, 6.07) is 6.28. The van der Waals surface area contributed by atoms with Gasteiger partial charge in [0.2, 0.25) is 0 Å². The van der Waals surface area contributed by atoms with E-state index in [2.05, 4.69) is 15.0 Å². The molecule has 2 aliphatic heterocycles. The van der Waals surface area contributed by atoms with E-state index in [0.29, 0.717) is 17.2 Å². The summed E-state index contributed by atoms with van der Waals surface area (Å²) in [6.45, 7) is 0.122. The Morgan fingerprint density at radius 1 is 1.19 bits per heavy atom. The Balaban J connectivity index is 1.48. The fourth-order valence-corrected chi connectivity index (χ4v) is 5.34. The molecule has 0 aliphatic carbocycles. The fraction of sp³-hybridized carbons (Fsp3) is 0.562. The molecule has 0 saturated carbocycles. The van der Waals surface area contributed by atoms with Crippen LogP contribution in [-0.2, 0) is 9.84 Å². The third-order valence-electron chi connectivity index (χ3n) is 4.66. The van der Waals surface area contributed by atoms with Gasteiger partial charge in [0.25, 0.3) is 0 Å². The average molecular weight is 405 g/mol. The van der Waals surface area contributed by atoms with Gasteiger partial charge in [-0.25, -0.2) is 8.42 Å². The lowest BCUT2D eigenvalue weighted by Gasteiger charge is -2.38. The van der Waals surface area contributed by atoms with Gasteiger partial charge in [0.15, 0.2) is 14.9 Å². The molecule has 26 heavy (non-hydrogen) atoms. The Hall–Kier alpha value is -1.52. The Kier molecular flexibility index (Phi) is 5.93. The molecular formula is C16H21F2N3O3S2. The molecule has 10 heteroatoms. The van der Waals surface area contributed by atoms with Crippen LogP contribution < -0.4 is 10.1 Å². The number of hydrogen-bond acceptors (Lipinski definition) is 5. The number of halogens is 2. The summed E-state index contributed by atoms with van der Waals surface area (Å²) in [7, 11) is -2.88. The molecule has 0 radical (unpaired) electrons. The maximum absolute atomic E-state index is 12.2. The largest absolute Gasteiger partial charge is 0.435 e.